The maximum absolute atomic E-state index is 9.98. The van der Waals surface area contributed by atoms with Crippen LogP contribution in [0, 0.1) is 0 Å². The Hall–Kier alpha value is -3.17. The minimum atomic E-state index is 0.214. The molecule has 0 unspecified atom stereocenters. The van der Waals surface area contributed by atoms with Crippen molar-refractivity contribution < 1.29 is 5.11 Å². The molecular weight excluding hydrogens is 410 g/mol. The van der Waals surface area contributed by atoms with Crippen molar-refractivity contribution in [3.63, 3.8) is 0 Å². The molecule has 0 radical (unpaired) electrons. The normalized spacial score (nSPS) is 11.8. The molecular formula is C25H16BrNO. The molecule has 0 amide bonds. The highest BCUT2D eigenvalue weighted by Gasteiger charge is 2.05. The number of phenols is 1. The molecule has 1 N–H and O–H groups in total. The summed E-state index contributed by atoms with van der Waals surface area (Å²) in [7, 11) is 0. The Bertz CT molecular complexity index is 1390. The highest BCUT2D eigenvalue weighted by molar-refractivity contribution is 9.10. The quantitative estimate of drug-likeness (QED) is 0.232. The van der Waals surface area contributed by atoms with Gasteiger partial charge in [0.25, 0.3) is 0 Å². The third-order valence-corrected chi connectivity index (χ3v) is 5.56. The van der Waals surface area contributed by atoms with Crippen LogP contribution in [0.15, 0.2) is 94.4 Å². The molecule has 3 heteroatoms. The minimum Gasteiger partial charge on any atom is -0.507 e. The van der Waals surface area contributed by atoms with Crippen LogP contribution in [0.2, 0.25) is 0 Å². The van der Waals surface area contributed by atoms with Crippen molar-refractivity contribution >= 4 is 60.1 Å². The average molecular weight is 426 g/mol. The summed E-state index contributed by atoms with van der Waals surface area (Å²) in [5.41, 5.74) is 1.53. The maximum atomic E-state index is 9.98. The van der Waals surface area contributed by atoms with E-state index >= 15 is 0 Å². The fourth-order valence-electron chi connectivity index (χ4n) is 3.67. The lowest BCUT2D eigenvalue weighted by molar-refractivity contribution is 0.474. The van der Waals surface area contributed by atoms with Gasteiger partial charge in [0.1, 0.15) is 5.75 Å². The molecule has 28 heavy (non-hydrogen) atoms. The molecule has 0 atom stereocenters. The van der Waals surface area contributed by atoms with E-state index in [-0.39, 0.29) is 5.75 Å². The Kier molecular flexibility index (Phi) is 4.10. The number of benzene rings is 5. The lowest BCUT2D eigenvalue weighted by Gasteiger charge is -2.08. The number of phenolic OH excluding ortho intramolecular Hbond substituents is 1. The zero-order valence-electron chi connectivity index (χ0n) is 14.9. The first kappa shape index (κ1) is 17.0. The number of hydrogen-bond acceptors (Lipinski definition) is 2. The van der Waals surface area contributed by atoms with E-state index < -0.39 is 0 Å². The van der Waals surface area contributed by atoms with Crippen LogP contribution in [0.3, 0.4) is 0 Å². The number of fused-ring (bicyclic) bond motifs is 5. The molecule has 0 aliphatic carbocycles. The lowest BCUT2D eigenvalue weighted by atomic mass is 9.97. The second-order valence-corrected chi connectivity index (χ2v) is 7.73. The molecule has 0 aliphatic rings. The van der Waals surface area contributed by atoms with Crippen LogP contribution in [0.4, 0.5) is 5.69 Å². The van der Waals surface area contributed by atoms with Crippen LogP contribution in [0.1, 0.15) is 5.56 Å². The van der Waals surface area contributed by atoms with Gasteiger partial charge in [-0.3, -0.25) is 4.99 Å². The van der Waals surface area contributed by atoms with Crippen LogP contribution in [0.5, 0.6) is 5.75 Å². The Morgan fingerprint density at radius 2 is 1.39 bits per heavy atom. The van der Waals surface area contributed by atoms with Crippen LogP contribution in [-0.2, 0) is 0 Å². The predicted octanol–water partition coefficient (Wildman–Crippen LogP) is 7.36. The molecule has 0 saturated heterocycles. The van der Waals surface area contributed by atoms with Gasteiger partial charge < -0.3 is 5.11 Å². The van der Waals surface area contributed by atoms with E-state index in [1.54, 1.807) is 18.3 Å². The van der Waals surface area contributed by atoms with Crippen molar-refractivity contribution in [2.45, 2.75) is 0 Å². The number of aliphatic imine (C=N–C) groups is 1. The summed E-state index contributed by atoms with van der Waals surface area (Å²) in [6.45, 7) is 0. The van der Waals surface area contributed by atoms with Crippen molar-refractivity contribution in [3.05, 3.63) is 95.0 Å². The standard InChI is InChI=1S/C25H16BrNO/c26-19-7-12-25(28)18(13-19)15-27-20-8-11-22-17(14-20)6-10-23-21-4-2-1-3-16(21)5-9-24(22)23/h1-15,28H. The van der Waals surface area contributed by atoms with Crippen LogP contribution in [0.25, 0.3) is 32.3 Å². The van der Waals surface area contributed by atoms with E-state index in [9.17, 15) is 5.11 Å². The van der Waals surface area contributed by atoms with E-state index in [0.717, 1.165) is 15.5 Å². The first-order valence-electron chi connectivity index (χ1n) is 9.06. The van der Waals surface area contributed by atoms with Crippen LogP contribution >= 0.6 is 15.9 Å². The van der Waals surface area contributed by atoms with Crippen molar-refractivity contribution in [3.8, 4) is 5.75 Å². The molecule has 0 aromatic heterocycles. The van der Waals surface area contributed by atoms with Gasteiger partial charge in [-0.15, -0.1) is 0 Å². The molecule has 0 fully saturated rings. The van der Waals surface area contributed by atoms with Crippen LogP contribution < -0.4 is 0 Å². The second kappa shape index (κ2) is 6.77. The molecule has 0 heterocycles. The Morgan fingerprint density at radius 3 is 2.25 bits per heavy atom. The highest BCUT2D eigenvalue weighted by Crippen LogP contribution is 2.33. The molecule has 0 aliphatic heterocycles. The third-order valence-electron chi connectivity index (χ3n) is 5.07. The minimum absolute atomic E-state index is 0.214. The molecule has 2 nitrogen and oxygen atoms in total. The van der Waals surface area contributed by atoms with E-state index in [2.05, 4.69) is 81.6 Å². The van der Waals surface area contributed by atoms with Gasteiger partial charge in [0, 0.05) is 16.3 Å². The summed E-state index contributed by atoms with van der Waals surface area (Å²) in [4.78, 5) is 4.55. The van der Waals surface area contributed by atoms with Gasteiger partial charge in [0.05, 0.1) is 5.69 Å². The monoisotopic (exact) mass is 425 g/mol. The Morgan fingerprint density at radius 1 is 0.679 bits per heavy atom. The Balaban J connectivity index is 1.61. The van der Waals surface area contributed by atoms with Gasteiger partial charge in [-0.25, -0.2) is 0 Å². The fraction of sp³-hybridized carbons (Fsp3) is 0. The van der Waals surface area contributed by atoms with E-state index in [1.807, 2.05) is 12.1 Å². The molecule has 0 bridgehead atoms. The van der Waals surface area contributed by atoms with Gasteiger partial charge >= 0.3 is 0 Å². The molecule has 5 rings (SSSR count). The summed E-state index contributed by atoms with van der Waals surface area (Å²) in [6.07, 6.45) is 1.69. The largest absolute Gasteiger partial charge is 0.507 e. The van der Waals surface area contributed by atoms with Gasteiger partial charge in [-0.2, -0.15) is 0 Å². The fourth-order valence-corrected chi connectivity index (χ4v) is 4.05. The number of hydrogen-bond donors (Lipinski definition) is 1. The molecule has 134 valence electrons. The third kappa shape index (κ3) is 2.94. The number of halogens is 1. The molecule has 0 saturated carbocycles. The van der Waals surface area contributed by atoms with Crippen molar-refractivity contribution in [1.29, 1.82) is 0 Å². The predicted molar refractivity (Wildman–Crippen MR) is 122 cm³/mol. The van der Waals surface area contributed by atoms with E-state index in [4.69, 9.17) is 0 Å². The number of aromatic hydroxyl groups is 1. The zero-order valence-corrected chi connectivity index (χ0v) is 16.5. The average Bonchev–Trinajstić information content (AvgIpc) is 2.73. The van der Waals surface area contributed by atoms with Gasteiger partial charge in [-0.05, 0) is 62.6 Å². The highest BCUT2D eigenvalue weighted by atomic mass is 79.9. The van der Waals surface area contributed by atoms with Crippen molar-refractivity contribution in [2.24, 2.45) is 4.99 Å². The van der Waals surface area contributed by atoms with Gasteiger partial charge in [0.15, 0.2) is 0 Å². The SMILES string of the molecule is Oc1ccc(Br)cc1C=Nc1ccc2c(ccc3c4ccccc4ccc23)c1. The summed E-state index contributed by atoms with van der Waals surface area (Å²) >= 11 is 3.42. The summed E-state index contributed by atoms with van der Waals surface area (Å²) in [6, 6.07) is 28.7. The number of nitrogens with zero attached hydrogens (tertiary/aromatic N) is 1. The zero-order chi connectivity index (χ0) is 19.1. The van der Waals surface area contributed by atoms with Gasteiger partial charge in [-0.1, -0.05) is 70.5 Å². The molecule has 5 aromatic carbocycles. The Labute approximate surface area is 170 Å². The van der Waals surface area contributed by atoms with E-state index in [1.165, 1.54) is 26.9 Å². The molecule has 5 aromatic rings. The summed E-state index contributed by atoms with van der Waals surface area (Å²) < 4.78 is 0.906. The van der Waals surface area contributed by atoms with Crippen LogP contribution in [-0.4, -0.2) is 11.3 Å². The van der Waals surface area contributed by atoms with Crippen molar-refractivity contribution in [1.82, 2.24) is 0 Å². The maximum Gasteiger partial charge on any atom is 0.124 e. The molecule has 0 spiro atoms. The van der Waals surface area contributed by atoms with Crippen molar-refractivity contribution in [2.75, 3.05) is 0 Å². The second-order valence-electron chi connectivity index (χ2n) is 6.81. The van der Waals surface area contributed by atoms with Gasteiger partial charge in [0.2, 0.25) is 0 Å². The lowest BCUT2D eigenvalue weighted by Crippen LogP contribution is -1.83. The topological polar surface area (TPSA) is 32.6 Å². The first-order valence-corrected chi connectivity index (χ1v) is 9.85. The van der Waals surface area contributed by atoms with E-state index in [0.29, 0.717) is 5.56 Å². The number of rotatable bonds is 2. The summed E-state index contributed by atoms with van der Waals surface area (Å²) in [5.74, 6) is 0.214. The first-order chi connectivity index (χ1) is 13.7. The summed E-state index contributed by atoms with van der Waals surface area (Å²) in [5, 5.41) is 17.4. The smallest absolute Gasteiger partial charge is 0.124 e.